The number of carboxylic acid groups (broad SMARTS) is 1. The Morgan fingerprint density at radius 3 is 2.29 bits per heavy atom. The first-order chi connectivity index (χ1) is 16.7. The third-order valence-corrected chi connectivity index (χ3v) is 4.50. The van der Waals surface area contributed by atoms with Gasteiger partial charge in [0.2, 0.25) is 0 Å². The van der Waals surface area contributed by atoms with Gasteiger partial charge in [-0.05, 0) is 42.5 Å². The third kappa shape index (κ3) is 6.12. The van der Waals surface area contributed by atoms with Crippen molar-refractivity contribution in [1.82, 2.24) is 4.90 Å². The molecule has 0 spiro atoms. The van der Waals surface area contributed by atoms with Crippen molar-refractivity contribution in [1.29, 1.82) is 0 Å². The number of hydrogen-bond acceptors (Lipinski definition) is 6. The highest BCUT2D eigenvalue weighted by atomic mass is 19.1. The monoisotopic (exact) mass is 484 g/mol. The number of benzene rings is 2. The van der Waals surface area contributed by atoms with Gasteiger partial charge in [0, 0.05) is 6.54 Å². The van der Waals surface area contributed by atoms with Crippen LogP contribution in [0.4, 0.5) is 14.5 Å². The Hall–Kier alpha value is -4.90. The molecule has 0 bridgehead atoms. The van der Waals surface area contributed by atoms with E-state index in [2.05, 4.69) is 5.32 Å². The molecule has 11 heteroatoms. The van der Waals surface area contributed by atoms with Crippen LogP contribution in [0, 0.1) is 36.3 Å². The Kier molecular flexibility index (Phi) is 8.90. The summed E-state index contributed by atoms with van der Waals surface area (Å²) in [5.74, 6) is -3.75. The van der Waals surface area contributed by atoms with Crippen LogP contribution in [0.5, 0.6) is 11.5 Å². The summed E-state index contributed by atoms with van der Waals surface area (Å²) in [6, 6.07) is 5.20. The molecule has 0 aromatic heterocycles. The molecule has 0 heterocycles. The molecule has 0 unspecified atom stereocenters. The Labute approximate surface area is 198 Å². The lowest BCUT2D eigenvalue weighted by Crippen LogP contribution is -2.38. The summed E-state index contributed by atoms with van der Waals surface area (Å²) >= 11 is 0. The number of halogens is 2. The predicted octanol–water partition coefficient (Wildman–Crippen LogP) is 2.31. The number of nitrogens with one attached hydrogen (secondary N) is 1. The topological polar surface area (TPSA) is 122 Å². The van der Waals surface area contributed by atoms with E-state index in [1.54, 1.807) is 11.8 Å². The summed E-state index contributed by atoms with van der Waals surface area (Å²) in [6.07, 6.45) is 10.0. The summed E-state index contributed by atoms with van der Waals surface area (Å²) in [4.78, 5) is 48.4. The molecular formula is C24H18F2N2O7. The molecule has 0 saturated carbocycles. The maximum absolute atomic E-state index is 14.0. The van der Waals surface area contributed by atoms with E-state index < -0.39 is 47.4 Å². The molecule has 3 amide bonds. The van der Waals surface area contributed by atoms with Crippen molar-refractivity contribution in [3.05, 3.63) is 53.1 Å². The average Bonchev–Trinajstić information content (AvgIpc) is 2.83. The predicted molar refractivity (Wildman–Crippen MR) is 119 cm³/mol. The van der Waals surface area contributed by atoms with Crippen molar-refractivity contribution in [2.45, 2.75) is 6.42 Å². The van der Waals surface area contributed by atoms with Crippen LogP contribution < -0.4 is 14.8 Å². The number of amides is 3. The Morgan fingerprint density at radius 1 is 1.09 bits per heavy atom. The quantitative estimate of drug-likeness (QED) is 0.414. The second-order valence-corrected chi connectivity index (χ2v) is 6.63. The van der Waals surface area contributed by atoms with Gasteiger partial charge in [-0.25, -0.2) is 13.6 Å². The molecule has 9 nitrogen and oxygen atoms in total. The van der Waals surface area contributed by atoms with Crippen LogP contribution in [0.2, 0.25) is 0 Å². The summed E-state index contributed by atoms with van der Waals surface area (Å²) in [5, 5.41) is 11.6. The molecule has 0 fully saturated rings. The van der Waals surface area contributed by atoms with Gasteiger partial charge < -0.3 is 19.9 Å². The fourth-order valence-electron chi connectivity index (χ4n) is 2.93. The van der Waals surface area contributed by atoms with Crippen LogP contribution >= 0.6 is 0 Å². The third-order valence-electron chi connectivity index (χ3n) is 4.50. The van der Waals surface area contributed by atoms with Gasteiger partial charge in [-0.15, -0.1) is 12.8 Å². The van der Waals surface area contributed by atoms with Gasteiger partial charge in [-0.1, -0.05) is 6.07 Å². The fraction of sp³-hybridized carbons (Fsp3) is 0.167. The normalized spacial score (nSPS) is 9.86. The van der Waals surface area contributed by atoms with Gasteiger partial charge in [-0.3, -0.25) is 19.3 Å². The molecule has 0 saturated heterocycles. The van der Waals surface area contributed by atoms with Gasteiger partial charge >= 0.3 is 11.9 Å². The number of terminal acetylenes is 2. The number of imide groups is 1. The van der Waals surface area contributed by atoms with E-state index in [9.17, 15) is 33.1 Å². The van der Waals surface area contributed by atoms with Crippen molar-refractivity contribution in [3.63, 3.8) is 0 Å². The Balaban J connectivity index is 2.27. The lowest BCUT2D eigenvalue weighted by molar-refractivity contribution is -0.122. The zero-order valence-corrected chi connectivity index (χ0v) is 18.3. The molecule has 0 atom stereocenters. The van der Waals surface area contributed by atoms with E-state index in [4.69, 9.17) is 22.3 Å². The van der Waals surface area contributed by atoms with Crippen molar-refractivity contribution in [2.75, 3.05) is 25.6 Å². The second kappa shape index (κ2) is 11.8. The number of carbonyl (C=O) groups is 4. The molecule has 0 radical (unpaired) electrons. The largest absolute Gasteiger partial charge is 0.493 e. The maximum atomic E-state index is 14.0. The van der Waals surface area contributed by atoms with Gasteiger partial charge in [0.05, 0.1) is 19.3 Å². The van der Waals surface area contributed by atoms with E-state index in [1.807, 2.05) is 0 Å². The van der Waals surface area contributed by atoms with Crippen LogP contribution in [0.15, 0.2) is 30.3 Å². The second-order valence-electron chi connectivity index (χ2n) is 6.63. The number of carbonyl (C=O) groups excluding carboxylic acids is 3. The smallest absolute Gasteiger partial charge is 0.337 e. The van der Waals surface area contributed by atoms with Crippen LogP contribution in [-0.4, -0.2) is 54.0 Å². The van der Waals surface area contributed by atoms with E-state index in [-0.39, 0.29) is 35.8 Å². The first-order valence-electron chi connectivity index (χ1n) is 9.77. The van der Waals surface area contributed by atoms with Crippen LogP contribution in [-0.2, 0) is 9.59 Å². The first-order valence-corrected chi connectivity index (χ1v) is 9.77. The van der Waals surface area contributed by atoms with E-state index in [0.717, 1.165) is 24.3 Å². The van der Waals surface area contributed by atoms with Crippen molar-refractivity contribution in [2.24, 2.45) is 0 Å². The minimum Gasteiger partial charge on any atom is -0.493 e. The average molecular weight is 484 g/mol. The highest BCUT2D eigenvalue weighted by Crippen LogP contribution is 2.38. The minimum atomic E-state index is -1.40. The van der Waals surface area contributed by atoms with Gasteiger partial charge in [-0.2, -0.15) is 0 Å². The molecule has 2 rings (SSSR count). The fourth-order valence-corrected chi connectivity index (χ4v) is 2.93. The van der Waals surface area contributed by atoms with E-state index in [1.165, 1.54) is 13.2 Å². The number of hydrogen-bond donors (Lipinski definition) is 2. The highest BCUT2D eigenvalue weighted by molar-refractivity contribution is 6.10. The first kappa shape index (κ1) is 26.4. The Morgan fingerprint density at radius 2 is 1.74 bits per heavy atom. The van der Waals surface area contributed by atoms with Crippen LogP contribution in [0.1, 0.15) is 27.1 Å². The zero-order chi connectivity index (χ0) is 26.1. The molecule has 0 aliphatic rings. The number of rotatable bonds is 9. The summed E-state index contributed by atoms with van der Waals surface area (Å²) in [6.45, 7) is -0.664. The molecule has 35 heavy (non-hydrogen) atoms. The minimum absolute atomic E-state index is 0.0448. The van der Waals surface area contributed by atoms with E-state index in [0.29, 0.717) is 4.90 Å². The molecule has 0 aliphatic carbocycles. The molecule has 0 aliphatic heterocycles. The van der Waals surface area contributed by atoms with Crippen molar-refractivity contribution >= 4 is 29.4 Å². The lowest BCUT2D eigenvalue weighted by atomic mass is 10.1. The zero-order valence-electron chi connectivity index (χ0n) is 18.3. The molecule has 180 valence electrons. The maximum Gasteiger partial charge on any atom is 0.337 e. The van der Waals surface area contributed by atoms with Gasteiger partial charge in [0.25, 0.3) is 11.8 Å². The Bertz CT molecular complexity index is 1240. The summed E-state index contributed by atoms with van der Waals surface area (Å²) < 4.78 is 38.7. The number of carboxylic acids is 1. The lowest BCUT2D eigenvalue weighted by Gasteiger charge is -2.20. The molecule has 2 aromatic carbocycles. The highest BCUT2D eigenvalue weighted by Gasteiger charge is 2.27. The standard InChI is InChI=1S/C24H18F2N2O7/c1-4-18(29)27-21-14(24(32)33)10-11-17(34-3)22(21)35-13-7-12-28(19(30)5-2)23(31)20-15(25)8-6-9-16(20)26/h1-2,6,8-11H,7,12-13H2,3H3,(H,27,29)(H,32,33). The molecule has 2 N–H and O–H groups in total. The van der Waals surface area contributed by atoms with Gasteiger partial charge in [0.15, 0.2) is 11.5 Å². The number of anilines is 1. The number of aromatic carboxylic acids is 1. The van der Waals surface area contributed by atoms with Crippen molar-refractivity contribution < 1.29 is 42.5 Å². The van der Waals surface area contributed by atoms with Crippen molar-refractivity contribution in [3.8, 4) is 36.2 Å². The van der Waals surface area contributed by atoms with Gasteiger partial charge in [0.1, 0.15) is 22.9 Å². The number of ether oxygens (including phenoxy) is 2. The molecular weight excluding hydrogens is 466 g/mol. The number of nitrogens with zero attached hydrogens (tertiary/aromatic N) is 1. The van der Waals surface area contributed by atoms with E-state index >= 15 is 0 Å². The molecule has 2 aromatic rings. The van der Waals surface area contributed by atoms with Crippen LogP contribution in [0.3, 0.4) is 0 Å². The SMILES string of the molecule is C#CC(=O)Nc1c(C(=O)O)ccc(OC)c1OCCCN(C(=O)C#C)C(=O)c1c(F)cccc1F. The van der Waals surface area contributed by atoms with Crippen LogP contribution in [0.25, 0.3) is 0 Å². The summed E-state index contributed by atoms with van der Waals surface area (Å²) in [5.41, 5.74) is -1.58. The number of methoxy groups -OCH3 is 1. The summed E-state index contributed by atoms with van der Waals surface area (Å²) in [7, 11) is 1.27.